The fourth-order valence-corrected chi connectivity index (χ4v) is 4.76. The maximum Gasteiger partial charge on any atom is 0.207 e. The maximum absolute atomic E-state index is 6.00. The molecule has 176 valence electrons. The highest BCUT2D eigenvalue weighted by molar-refractivity contribution is 7.71. The van der Waals surface area contributed by atoms with Gasteiger partial charge in [0.25, 0.3) is 0 Å². The SMILES string of the molecule is Cc1c2c(=S)nc(Nc3ccc(Cl)cc3)[nH]c2nn1-c1nnc(Cc2ccccc2)c2ccccc12. The Morgan fingerprint density at radius 3 is 2.42 bits per heavy atom. The summed E-state index contributed by atoms with van der Waals surface area (Å²) in [6.07, 6.45) is 0.697. The van der Waals surface area contributed by atoms with Gasteiger partial charge >= 0.3 is 0 Å². The van der Waals surface area contributed by atoms with Gasteiger partial charge in [0.1, 0.15) is 4.64 Å². The molecule has 0 spiro atoms. The van der Waals surface area contributed by atoms with E-state index in [2.05, 4.69) is 43.7 Å². The summed E-state index contributed by atoms with van der Waals surface area (Å²) in [6, 6.07) is 25.8. The van der Waals surface area contributed by atoms with E-state index in [1.807, 2.05) is 55.5 Å². The monoisotopic (exact) mass is 509 g/mol. The molecule has 9 heteroatoms. The van der Waals surface area contributed by atoms with E-state index in [1.54, 1.807) is 16.8 Å². The molecule has 0 radical (unpaired) electrons. The van der Waals surface area contributed by atoms with Crippen molar-refractivity contribution < 1.29 is 0 Å². The zero-order valence-electron chi connectivity index (χ0n) is 19.2. The fourth-order valence-electron chi connectivity index (χ4n) is 4.30. The van der Waals surface area contributed by atoms with Crippen LogP contribution in [0.1, 0.15) is 17.0 Å². The number of rotatable bonds is 5. The number of H-pyrrole nitrogens is 1. The van der Waals surface area contributed by atoms with Crippen molar-refractivity contribution >= 4 is 57.3 Å². The van der Waals surface area contributed by atoms with Crippen LogP contribution in [0.15, 0.2) is 78.9 Å². The van der Waals surface area contributed by atoms with E-state index < -0.39 is 0 Å². The van der Waals surface area contributed by atoms with Gasteiger partial charge in [-0.2, -0.15) is 5.10 Å². The Kier molecular flexibility index (Phi) is 5.67. The number of aromatic nitrogens is 6. The molecule has 0 bridgehead atoms. The van der Waals surface area contributed by atoms with E-state index in [1.165, 1.54) is 5.56 Å². The van der Waals surface area contributed by atoms with Crippen molar-refractivity contribution in [3.63, 3.8) is 0 Å². The topological polar surface area (TPSA) is 84.3 Å². The molecule has 0 atom stereocenters. The molecule has 0 amide bonds. The van der Waals surface area contributed by atoms with Gasteiger partial charge in [-0.15, -0.1) is 10.2 Å². The average molecular weight is 510 g/mol. The van der Waals surface area contributed by atoms with Gasteiger partial charge in [0.05, 0.1) is 16.8 Å². The summed E-state index contributed by atoms with van der Waals surface area (Å²) >= 11 is 11.6. The van der Waals surface area contributed by atoms with Gasteiger partial charge in [-0.25, -0.2) is 9.67 Å². The van der Waals surface area contributed by atoms with Crippen LogP contribution in [-0.2, 0) is 6.42 Å². The first kappa shape index (κ1) is 22.3. The Balaban J connectivity index is 1.44. The molecule has 3 aromatic carbocycles. The van der Waals surface area contributed by atoms with Crippen LogP contribution < -0.4 is 5.32 Å². The molecular weight excluding hydrogens is 490 g/mol. The number of hydrogen-bond acceptors (Lipinski definition) is 6. The predicted molar refractivity (Wildman–Crippen MR) is 146 cm³/mol. The van der Waals surface area contributed by atoms with E-state index in [9.17, 15) is 0 Å². The molecule has 6 aromatic rings. The molecule has 0 saturated carbocycles. The third-order valence-corrected chi connectivity index (χ3v) is 6.59. The second-order valence-electron chi connectivity index (χ2n) is 8.42. The number of fused-ring (bicyclic) bond motifs is 2. The number of anilines is 2. The zero-order valence-corrected chi connectivity index (χ0v) is 20.8. The lowest BCUT2D eigenvalue weighted by molar-refractivity contribution is 0.798. The third-order valence-electron chi connectivity index (χ3n) is 6.05. The van der Waals surface area contributed by atoms with E-state index >= 15 is 0 Å². The van der Waals surface area contributed by atoms with E-state index in [0.717, 1.165) is 33.2 Å². The minimum absolute atomic E-state index is 0.446. The van der Waals surface area contributed by atoms with Crippen molar-refractivity contribution in [3.8, 4) is 5.82 Å². The number of nitrogens with zero attached hydrogens (tertiary/aromatic N) is 5. The van der Waals surface area contributed by atoms with Gasteiger partial charge < -0.3 is 10.3 Å². The van der Waals surface area contributed by atoms with Crippen LogP contribution in [0.5, 0.6) is 0 Å². The van der Waals surface area contributed by atoms with Crippen molar-refractivity contribution in [3.05, 3.63) is 105 Å². The summed E-state index contributed by atoms with van der Waals surface area (Å²) in [7, 11) is 0. The Hall–Kier alpha value is -4.14. The van der Waals surface area contributed by atoms with Crippen LogP contribution in [0.4, 0.5) is 11.6 Å². The number of hydrogen-bond donors (Lipinski definition) is 2. The van der Waals surface area contributed by atoms with Crippen LogP contribution in [0.25, 0.3) is 27.6 Å². The van der Waals surface area contributed by atoms with Crippen LogP contribution in [0.3, 0.4) is 0 Å². The van der Waals surface area contributed by atoms with Crippen molar-refractivity contribution in [2.75, 3.05) is 5.32 Å². The highest BCUT2D eigenvalue weighted by atomic mass is 35.5. The van der Waals surface area contributed by atoms with Gasteiger partial charge in [0.2, 0.25) is 5.95 Å². The Labute approximate surface area is 216 Å². The number of aromatic amines is 1. The highest BCUT2D eigenvalue weighted by Gasteiger charge is 2.18. The van der Waals surface area contributed by atoms with E-state index in [0.29, 0.717) is 33.5 Å². The van der Waals surface area contributed by atoms with Gasteiger partial charge in [-0.3, -0.25) is 0 Å². The molecule has 3 heterocycles. The quantitative estimate of drug-likeness (QED) is 0.251. The van der Waals surface area contributed by atoms with Gasteiger partial charge in [-0.1, -0.05) is 78.4 Å². The minimum atomic E-state index is 0.446. The Morgan fingerprint density at radius 2 is 1.64 bits per heavy atom. The maximum atomic E-state index is 6.00. The molecule has 0 fully saturated rings. The van der Waals surface area contributed by atoms with Crippen LogP contribution in [0, 0.1) is 11.6 Å². The smallest absolute Gasteiger partial charge is 0.207 e. The summed E-state index contributed by atoms with van der Waals surface area (Å²) < 4.78 is 2.23. The number of halogens is 1. The van der Waals surface area contributed by atoms with Crippen molar-refractivity contribution in [1.82, 2.24) is 29.9 Å². The normalized spacial score (nSPS) is 11.3. The number of benzene rings is 3. The highest BCUT2D eigenvalue weighted by Crippen LogP contribution is 2.28. The number of aryl methyl sites for hydroxylation is 1. The van der Waals surface area contributed by atoms with Crippen molar-refractivity contribution in [1.29, 1.82) is 0 Å². The van der Waals surface area contributed by atoms with E-state index in [-0.39, 0.29) is 0 Å². The molecule has 0 unspecified atom stereocenters. The zero-order chi connectivity index (χ0) is 24.6. The summed E-state index contributed by atoms with van der Waals surface area (Å²) in [4.78, 5) is 7.79. The molecule has 2 N–H and O–H groups in total. The lowest BCUT2D eigenvalue weighted by Crippen LogP contribution is -2.07. The van der Waals surface area contributed by atoms with Crippen LogP contribution in [0.2, 0.25) is 5.02 Å². The molecule has 6 rings (SSSR count). The Bertz CT molecular complexity index is 1780. The summed E-state index contributed by atoms with van der Waals surface area (Å²) in [5.41, 5.74) is 4.39. The number of nitrogens with one attached hydrogen (secondary N) is 2. The lowest BCUT2D eigenvalue weighted by atomic mass is 10.0. The lowest BCUT2D eigenvalue weighted by Gasteiger charge is -2.10. The molecule has 0 saturated heterocycles. The fraction of sp³-hybridized carbons (Fsp3) is 0.0741. The van der Waals surface area contributed by atoms with E-state index in [4.69, 9.17) is 28.9 Å². The average Bonchev–Trinajstić information content (AvgIpc) is 3.22. The standard InChI is InChI=1S/C27H20ClN7S/c1-16-23-24(30-27(31-26(23)36)29-19-13-11-18(28)12-14-19)34-35(16)25-21-10-6-5-9-20(21)22(32-33-25)15-17-7-3-2-4-8-17/h2-14H,15H2,1H3,(H2,29,30,31,34,36). The van der Waals surface area contributed by atoms with Crippen molar-refractivity contribution in [2.45, 2.75) is 13.3 Å². The molecule has 0 aliphatic carbocycles. The third kappa shape index (κ3) is 4.10. The molecule has 3 aromatic heterocycles. The first-order valence-corrected chi connectivity index (χ1v) is 12.2. The largest absolute Gasteiger partial charge is 0.326 e. The molecule has 0 aliphatic rings. The molecule has 7 nitrogen and oxygen atoms in total. The van der Waals surface area contributed by atoms with Crippen LogP contribution >= 0.6 is 23.8 Å². The van der Waals surface area contributed by atoms with Crippen LogP contribution in [-0.4, -0.2) is 29.9 Å². The summed E-state index contributed by atoms with van der Waals surface area (Å²) in [5.74, 6) is 1.14. The summed E-state index contributed by atoms with van der Waals surface area (Å²) in [6.45, 7) is 1.96. The second kappa shape index (κ2) is 9.14. The first-order valence-electron chi connectivity index (χ1n) is 11.4. The van der Waals surface area contributed by atoms with Gasteiger partial charge in [0, 0.05) is 27.9 Å². The first-order chi connectivity index (χ1) is 17.6. The van der Waals surface area contributed by atoms with Gasteiger partial charge in [0.15, 0.2) is 11.5 Å². The molecular formula is C27H20ClN7S. The van der Waals surface area contributed by atoms with Crippen molar-refractivity contribution in [2.24, 2.45) is 0 Å². The Morgan fingerprint density at radius 1 is 0.917 bits per heavy atom. The minimum Gasteiger partial charge on any atom is -0.326 e. The second-order valence-corrected chi connectivity index (χ2v) is 9.24. The molecule has 36 heavy (non-hydrogen) atoms. The summed E-state index contributed by atoms with van der Waals surface area (Å²) in [5, 5.41) is 20.7. The predicted octanol–water partition coefficient (Wildman–Crippen LogP) is 6.72. The molecule has 0 aliphatic heterocycles. The van der Waals surface area contributed by atoms with Gasteiger partial charge in [-0.05, 0) is 36.8 Å².